The third-order valence-electron chi connectivity index (χ3n) is 2.16. The van der Waals surface area contributed by atoms with Gasteiger partial charge in [0, 0.05) is 6.20 Å². The molecule has 88 valence electrons. The van der Waals surface area contributed by atoms with Crippen LogP contribution in [-0.4, -0.2) is 27.2 Å². The first kappa shape index (κ1) is 11.1. The van der Waals surface area contributed by atoms with Crippen molar-refractivity contribution in [3.63, 3.8) is 0 Å². The van der Waals surface area contributed by atoms with Crippen molar-refractivity contribution in [2.75, 3.05) is 6.61 Å². The zero-order valence-electron chi connectivity index (χ0n) is 9.42. The van der Waals surface area contributed by atoms with Crippen molar-refractivity contribution in [3.8, 4) is 11.6 Å². The van der Waals surface area contributed by atoms with Crippen LogP contribution in [0.3, 0.4) is 0 Å². The largest absolute Gasteiger partial charge is 0.491 e. The molecule has 6 nitrogen and oxygen atoms in total. The van der Waals surface area contributed by atoms with E-state index in [-0.39, 0.29) is 5.84 Å². The van der Waals surface area contributed by atoms with Crippen LogP contribution in [0.5, 0.6) is 5.75 Å². The van der Waals surface area contributed by atoms with E-state index in [1.807, 2.05) is 6.92 Å². The molecule has 3 N–H and O–H groups in total. The van der Waals surface area contributed by atoms with Crippen LogP contribution < -0.4 is 10.5 Å². The number of ether oxygens (including phenoxy) is 1. The lowest BCUT2D eigenvalue weighted by molar-refractivity contribution is 0.340. The Morgan fingerprint density at radius 1 is 1.59 bits per heavy atom. The van der Waals surface area contributed by atoms with Gasteiger partial charge in [-0.3, -0.25) is 5.41 Å². The molecule has 2 heterocycles. The molecule has 0 amide bonds. The van der Waals surface area contributed by atoms with Crippen molar-refractivity contribution >= 4 is 5.84 Å². The first-order chi connectivity index (χ1) is 8.22. The summed E-state index contributed by atoms with van der Waals surface area (Å²) in [5.74, 6) is 1.14. The topological polar surface area (TPSA) is 89.8 Å². The highest BCUT2D eigenvalue weighted by Crippen LogP contribution is 2.14. The lowest BCUT2D eigenvalue weighted by atomic mass is 10.2. The van der Waals surface area contributed by atoms with Crippen LogP contribution in [0.2, 0.25) is 0 Å². The van der Waals surface area contributed by atoms with Crippen LogP contribution in [0.15, 0.2) is 30.7 Å². The Kier molecular flexibility index (Phi) is 3.04. The number of hydrogen-bond acceptors (Lipinski definition) is 4. The van der Waals surface area contributed by atoms with Crippen molar-refractivity contribution in [2.24, 2.45) is 5.73 Å². The molecule has 0 fully saturated rings. The standard InChI is InChI=1S/C11H13N5O/c1-2-17-8-6-15-16(7-8)11-9(10(12)13)4-3-5-14-11/h3-7H,2H2,1H3,(H3,12,13). The molecule has 0 aliphatic rings. The molecule has 2 aromatic rings. The van der Waals surface area contributed by atoms with Gasteiger partial charge in [-0.1, -0.05) is 0 Å². The van der Waals surface area contributed by atoms with Crippen molar-refractivity contribution in [3.05, 3.63) is 36.3 Å². The quantitative estimate of drug-likeness (QED) is 0.605. The monoisotopic (exact) mass is 231 g/mol. The van der Waals surface area contributed by atoms with Gasteiger partial charge in [-0.2, -0.15) is 5.10 Å². The molecule has 0 unspecified atom stereocenters. The zero-order chi connectivity index (χ0) is 12.3. The number of hydrogen-bond donors (Lipinski definition) is 2. The average Bonchev–Trinajstić information content (AvgIpc) is 2.78. The van der Waals surface area contributed by atoms with Gasteiger partial charge in [-0.15, -0.1) is 0 Å². The van der Waals surface area contributed by atoms with Gasteiger partial charge < -0.3 is 10.5 Å². The van der Waals surface area contributed by atoms with Crippen LogP contribution in [0.1, 0.15) is 12.5 Å². The first-order valence-corrected chi connectivity index (χ1v) is 5.19. The normalized spacial score (nSPS) is 10.2. The highest BCUT2D eigenvalue weighted by molar-refractivity contribution is 5.97. The first-order valence-electron chi connectivity index (χ1n) is 5.19. The number of pyridine rings is 1. The lowest BCUT2D eigenvalue weighted by Gasteiger charge is -2.05. The number of amidine groups is 1. The number of nitrogens with zero attached hydrogens (tertiary/aromatic N) is 3. The summed E-state index contributed by atoms with van der Waals surface area (Å²) in [6, 6.07) is 3.46. The second-order valence-corrected chi connectivity index (χ2v) is 3.34. The maximum absolute atomic E-state index is 7.48. The minimum Gasteiger partial charge on any atom is -0.491 e. The molecule has 0 saturated carbocycles. The van der Waals surface area contributed by atoms with Crippen molar-refractivity contribution in [1.82, 2.24) is 14.8 Å². The molecule has 6 heteroatoms. The summed E-state index contributed by atoms with van der Waals surface area (Å²) in [7, 11) is 0. The Labute approximate surface area is 98.5 Å². The number of nitrogens with one attached hydrogen (secondary N) is 1. The molecule has 2 rings (SSSR count). The van der Waals surface area contributed by atoms with Crippen LogP contribution in [0.25, 0.3) is 5.82 Å². The molecule has 0 aliphatic carbocycles. The van der Waals surface area contributed by atoms with Gasteiger partial charge in [0.1, 0.15) is 5.84 Å². The van der Waals surface area contributed by atoms with Gasteiger partial charge in [0.25, 0.3) is 0 Å². The lowest BCUT2D eigenvalue weighted by Crippen LogP contribution is -2.15. The minimum absolute atomic E-state index is 0.0402. The van der Waals surface area contributed by atoms with E-state index in [1.54, 1.807) is 35.4 Å². The summed E-state index contributed by atoms with van der Waals surface area (Å²) in [5.41, 5.74) is 6.03. The molecule has 2 aromatic heterocycles. The van der Waals surface area contributed by atoms with E-state index in [9.17, 15) is 0 Å². The summed E-state index contributed by atoms with van der Waals surface area (Å²) < 4.78 is 6.86. The molecule has 0 aliphatic heterocycles. The molecule has 0 radical (unpaired) electrons. The van der Waals surface area contributed by atoms with E-state index in [0.29, 0.717) is 23.7 Å². The maximum atomic E-state index is 7.48. The van der Waals surface area contributed by atoms with Crippen molar-refractivity contribution in [1.29, 1.82) is 5.41 Å². The number of nitrogen functional groups attached to an aromatic ring is 1. The van der Waals surface area contributed by atoms with E-state index in [0.717, 1.165) is 0 Å². The number of aromatic nitrogens is 3. The van der Waals surface area contributed by atoms with Crippen molar-refractivity contribution in [2.45, 2.75) is 6.92 Å². The van der Waals surface area contributed by atoms with E-state index in [1.165, 1.54) is 0 Å². The Morgan fingerprint density at radius 3 is 3.12 bits per heavy atom. The fraction of sp³-hybridized carbons (Fsp3) is 0.182. The summed E-state index contributed by atoms with van der Waals surface area (Å²) in [4.78, 5) is 4.17. The highest BCUT2D eigenvalue weighted by Gasteiger charge is 2.09. The smallest absolute Gasteiger partial charge is 0.164 e. The molecular weight excluding hydrogens is 218 g/mol. The Hall–Kier alpha value is -2.37. The zero-order valence-corrected chi connectivity index (χ0v) is 9.42. The molecular formula is C11H13N5O. The summed E-state index contributed by atoms with van der Waals surface area (Å²) in [6.45, 7) is 2.48. The van der Waals surface area contributed by atoms with Gasteiger partial charge in [-0.25, -0.2) is 9.67 Å². The maximum Gasteiger partial charge on any atom is 0.164 e. The number of rotatable bonds is 4. The van der Waals surface area contributed by atoms with E-state index >= 15 is 0 Å². The third-order valence-corrected chi connectivity index (χ3v) is 2.16. The predicted octanol–water partition coefficient (Wildman–Crippen LogP) is 0.950. The molecule has 0 saturated heterocycles. The fourth-order valence-corrected chi connectivity index (χ4v) is 1.45. The van der Waals surface area contributed by atoms with Gasteiger partial charge in [0.2, 0.25) is 0 Å². The van der Waals surface area contributed by atoms with Gasteiger partial charge in [0.15, 0.2) is 11.6 Å². The van der Waals surface area contributed by atoms with Gasteiger partial charge in [0.05, 0.1) is 24.6 Å². The molecule has 0 bridgehead atoms. The second kappa shape index (κ2) is 4.65. The molecule has 0 spiro atoms. The van der Waals surface area contributed by atoms with Crippen molar-refractivity contribution < 1.29 is 4.74 Å². The van der Waals surface area contributed by atoms with E-state index < -0.39 is 0 Å². The van der Waals surface area contributed by atoms with Gasteiger partial charge >= 0.3 is 0 Å². The molecule has 0 atom stereocenters. The molecule has 17 heavy (non-hydrogen) atoms. The van der Waals surface area contributed by atoms with Crippen LogP contribution in [0, 0.1) is 5.41 Å². The molecule has 0 aromatic carbocycles. The Balaban J connectivity index is 2.41. The van der Waals surface area contributed by atoms with E-state index in [4.69, 9.17) is 15.9 Å². The average molecular weight is 231 g/mol. The van der Waals surface area contributed by atoms with Crippen LogP contribution in [0.4, 0.5) is 0 Å². The second-order valence-electron chi connectivity index (χ2n) is 3.34. The van der Waals surface area contributed by atoms with Crippen LogP contribution >= 0.6 is 0 Å². The predicted molar refractivity (Wildman–Crippen MR) is 63.5 cm³/mol. The summed E-state index contributed by atoms with van der Waals surface area (Å²) >= 11 is 0. The highest BCUT2D eigenvalue weighted by atomic mass is 16.5. The van der Waals surface area contributed by atoms with Crippen LogP contribution in [-0.2, 0) is 0 Å². The fourth-order valence-electron chi connectivity index (χ4n) is 1.45. The Morgan fingerprint density at radius 2 is 2.41 bits per heavy atom. The van der Waals surface area contributed by atoms with E-state index in [2.05, 4.69) is 10.1 Å². The summed E-state index contributed by atoms with van der Waals surface area (Å²) in [6.07, 6.45) is 4.93. The van der Waals surface area contributed by atoms with Gasteiger partial charge in [-0.05, 0) is 19.1 Å². The Bertz CT molecular complexity index is 534. The number of nitrogens with two attached hydrogens (primary N) is 1. The SMILES string of the molecule is CCOc1cnn(-c2ncccc2C(=N)N)c1. The minimum atomic E-state index is -0.0402. The summed E-state index contributed by atoms with van der Waals surface area (Å²) in [5, 5.41) is 11.6. The third kappa shape index (κ3) is 2.25.